The van der Waals surface area contributed by atoms with Crippen LogP contribution in [0.2, 0.25) is 5.02 Å². The first-order valence-corrected chi connectivity index (χ1v) is 10.9. The number of carbonyl (C=O) groups excluding carboxylic acids is 1. The maximum Gasteiger partial charge on any atom is 0.275 e. The van der Waals surface area contributed by atoms with Crippen LogP contribution in [0.15, 0.2) is 72.9 Å². The van der Waals surface area contributed by atoms with Crippen molar-refractivity contribution in [1.82, 2.24) is 9.78 Å². The van der Waals surface area contributed by atoms with E-state index in [1.54, 1.807) is 24.3 Å². The first-order valence-electron chi connectivity index (χ1n) is 10.5. The number of rotatable bonds is 8. The Bertz CT molecular complexity index is 1390. The maximum absolute atomic E-state index is 12.9. The molecule has 4 rings (SSSR count). The van der Waals surface area contributed by atoms with E-state index in [0.717, 1.165) is 11.1 Å². The average molecular weight is 493 g/mol. The molecule has 0 bridgehead atoms. The summed E-state index contributed by atoms with van der Waals surface area (Å²) in [5.41, 5.74) is 2.05. The number of non-ortho nitro benzene ring substituents is 1. The molecule has 10 heteroatoms. The Kier molecular flexibility index (Phi) is 6.98. The van der Waals surface area contributed by atoms with E-state index >= 15 is 0 Å². The van der Waals surface area contributed by atoms with Gasteiger partial charge in [0, 0.05) is 23.4 Å². The summed E-state index contributed by atoms with van der Waals surface area (Å²) in [6, 6.07) is 18.1. The highest BCUT2D eigenvalue weighted by atomic mass is 35.5. The SMILES string of the molecule is Cc1ccc(C)c(Oc2cc(NC(=O)c3ccnn3COc3ccc(Cl)cc3)cc([N+](=O)[O-])c2)c1. The number of nitro benzene ring substituents is 1. The molecule has 178 valence electrons. The molecule has 0 aliphatic heterocycles. The predicted octanol–water partition coefficient (Wildman–Crippen LogP) is 6.14. The summed E-state index contributed by atoms with van der Waals surface area (Å²) in [4.78, 5) is 23.9. The molecule has 3 aromatic carbocycles. The molecular formula is C25H21ClN4O5. The van der Waals surface area contributed by atoms with Gasteiger partial charge in [0.2, 0.25) is 0 Å². The molecule has 1 N–H and O–H groups in total. The number of anilines is 1. The van der Waals surface area contributed by atoms with Gasteiger partial charge in [0.25, 0.3) is 11.6 Å². The first kappa shape index (κ1) is 23.8. The topological polar surface area (TPSA) is 109 Å². The van der Waals surface area contributed by atoms with Crippen LogP contribution < -0.4 is 14.8 Å². The molecular weight excluding hydrogens is 472 g/mol. The molecule has 0 radical (unpaired) electrons. The van der Waals surface area contributed by atoms with Crippen LogP contribution in [0.1, 0.15) is 21.6 Å². The van der Waals surface area contributed by atoms with E-state index in [1.807, 2.05) is 32.0 Å². The Morgan fingerprint density at radius 1 is 1.06 bits per heavy atom. The number of halogens is 1. The average Bonchev–Trinajstić information content (AvgIpc) is 3.30. The van der Waals surface area contributed by atoms with Gasteiger partial charge in [-0.1, -0.05) is 23.7 Å². The Morgan fingerprint density at radius 2 is 1.83 bits per heavy atom. The lowest BCUT2D eigenvalue weighted by molar-refractivity contribution is -0.384. The number of nitrogens with zero attached hydrogens (tertiary/aromatic N) is 3. The molecule has 4 aromatic rings. The van der Waals surface area contributed by atoms with Gasteiger partial charge in [-0.2, -0.15) is 5.10 Å². The fourth-order valence-electron chi connectivity index (χ4n) is 3.25. The molecule has 0 saturated carbocycles. The largest absolute Gasteiger partial charge is 0.471 e. The zero-order valence-electron chi connectivity index (χ0n) is 18.9. The Labute approximate surface area is 206 Å². The van der Waals surface area contributed by atoms with Crippen LogP contribution in [0.4, 0.5) is 11.4 Å². The number of aromatic nitrogens is 2. The van der Waals surface area contributed by atoms with Crippen LogP contribution in [-0.2, 0) is 6.73 Å². The van der Waals surface area contributed by atoms with Crippen molar-refractivity contribution in [3.63, 3.8) is 0 Å². The third kappa shape index (κ3) is 5.96. The second-order valence-electron chi connectivity index (χ2n) is 7.74. The summed E-state index contributed by atoms with van der Waals surface area (Å²) >= 11 is 5.88. The fraction of sp³-hybridized carbons (Fsp3) is 0.120. The molecule has 9 nitrogen and oxygen atoms in total. The van der Waals surface area contributed by atoms with Crippen molar-refractivity contribution < 1.29 is 19.2 Å². The summed E-state index contributed by atoms with van der Waals surface area (Å²) in [5.74, 6) is 0.839. The third-order valence-corrected chi connectivity index (χ3v) is 5.30. The third-order valence-electron chi connectivity index (χ3n) is 5.05. The summed E-state index contributed by atoms with van der Waals surface area (Å²) in [6.45, 7) is 3.78. The number of aryl methyl sites for hydroxylation is 2. The standard InChI is InChI=1S/C25H21ClN4O5/c1-16-3-4-17(2)24(11-16)35-22-13-19(12-20(14-22)30(32)33)28-25(31)23-9-10-27-29(23)15-34-21-7-5-18(26)6-8-21/h3-14H,15H2,1-2H3,(H,28,31). The van der Waals surface area contributed by atoms with Gasteiger partial charge in [0.05, 0.1) is 16.7 Å². The van der Waals surface area contributed by atoms with Gasteiger partial charge < -0.3 is 14.8 Å². The maximum atomic E-state index is 12.9. The lowest BCUT2D eigenvalue weighted by atomic mass is 10.1. The monoisotopic (exact) mass is 492 g/mol. The minimum Gasteiger partial charge on any atom is -0.471 e. The minimum absolute atomic E-state index is 0.0205. The number of hydrogen-bond donors (Lipinski definition) is 1. The van der Waals surface area contributed by atoms with Crippen molar-refractivity contribution in [2.24, 2.45) is 0 Å². The van der Waals surface area contributed by atoms with E-state index in [1.165, 1.54) is 35.1 Å². The van der Waals surface area contributed by atoms with Crippen molar-refractivity contribution >= 4 is 28.9 Å². The van der Waals surface area contributed by atoms with Gasteiger partial charge in [-0.05, 0) is 61.4 Å². The lowest BCUT2D eigenvalue weighted by Gasteiger charge is -2.12. The second-order valence-corrected chi connectivity index (χ2v) is 8.18. The highest BCUT2D eigenvalue weighted by molar-refractivity contribution is 6.30. The summed E-state index contributed by atoms with van der Waals surface area (Å²) in [7, 11) is 0. The van der Waals surface area contributed by atoms with E-state index < -0.39 is 10.8 Å². The van der Waals surface area contributed by atoms with Crippen LogP contribution in [0.25, 0.3) is 0 Å². The van der Waals surface area contributed by atoms with Gasteiger partial charge in [0.15, 0.2) is 6.73 Å². The molecule has 0 spiro atoms. The smallest absolute Gasteiger partial charge is 0.275 e. The minimum atomic E-state index is -0.546. The molecule has 35 heavy (non-hydrogen) atoms. The number of ether oxygens (including phenoxy) is 2. The second kappa shape index (κ2) is 10.3. The molecule has 1 heterocycles. The molecule has 1 amide bonds. The van der Waals surface area contributed by atoms with Crippen molar-refractivity contribution in [2.75, 3.05) is 5.32 Å². The quantitative estimate of drug-likeness (QED) is 0.233. The van der Waals surface area contributed by atoms with Gasteiger partial charge >= 0.3 is 0 Å². The number of carbonyl (C=O) groups is 1. The summed E-state index contributed by atoms with van der Waals surface area (Å²) < 4.78 is 12.9. The van der Waals surface area contributed by atoms with Crippen molar-refractivity contribution in [3.8, 4) is 17.2 Å². The van der Waals surface area contributed by atoms with Gasteiger partial charge in [0.1, 0.15) is 22.9 Å². The molecule has 0 unspecified atom stereocenters. The van der Waals surface area contributed by atoms with E-state index in [0.29, 0.717) is 16.5 Å². The van der Waals surface area contributed by atoms with E-state index in [-0.39, 0.29) is 29.5 Å². The molecule has 0 aliphatic rings. The highest BCUT2D eigenvalue weighted by Gasteiger charge is 2.17. The normalized spacial score (nSPS) is 10.6. The molecule has 0 aliphatic carbocycles. The lowest BCUT2D eigenvalue weighted by Crippen LogP contribution is -2.19. The summed E-state index contributed by atoms with van der Waals surface area (Å²) in [6.07, 6.45) is 1.46. The number of amides is 1. The van der Waals surface area contributed by atoms with Crippen LogP contribution >= 0.6 is 11.6 Å². The molecule has 0 fully saturated rings. The number of benzene rings is 3. The van der Waals surface area contributed by atoms with E-state index in [4.69, 9.17) is 21.1 Å². The van der Waals surface area contributed by atoms with Crippen molar-refractivity contribution in [3.05, 3.63) is 105 Å². The van der Waals surface area contributed by atoms with Crippen LogP contribution in [0.5, 0.6) is 17.2 Å². The van der Waals surface area contributed by atoms with Gasteiger partial charge in [-0.15, -0.1) is 0 Å². The van der Waals surface area contributed by atoms with E-state index in [9.17, 15) is 14.9 Å². The van der Waals surface area contributed by atoms with Gasteiger partial charge in [-0.3, -0.25) is 14.9 Å². The molecule has 0 saturated heterocycles. The predicted molar refractivity (Wildman–Crippen MR) is 131 cm³/mol. The molecule has 0 atom stereocenters. The zero-order valence-corrected chi connectivity index (χ0v) is 19.7. The Hall–Kier alpha value is -4.37. The van der Waals surface area contributed by atoms with Crippen molar-refractivity contribution in [2.45, 2.75) is 20.6 Å². The Morgan fingerprint density at radius 3 is 2.57 bits per heavy atom. The van der Waals surface area contributed by atoms with Crippen LogP contribution in [-0.4, -0.2) is 20.6 Å². The zero-order chi connectivity index (χ0) is 24.9. The van der Waals surface area contributed by atoms with Crippen molar-refractivity contribution in [1.29, 1.82) is 0 Å². The number of hydrogen-bond acceptors (Lipinski definition) is 6. The Balaban J connectivity index is 1.53. The highest BCUT2D eigenvalue weighted by Crippen LogP contribution is 2.32. The van der Waals surface area contributed by atoms with Crippen LogP contribution in [0.3, 0.4) is 0 Å². The number of nitro groups is 1. The van der Waals surface area contributed by atoms with Gasteiger partial charge in [-0.25, -0.2) is 4.68 Å². The molecule has 1 aromatic heterocycles. The summed E-state index contributed by atoms with van der Waals surface area (Å²) in [5, 5.41) is 18.9. The van der Waals surface area contributed by atoms with Crippen LogP contribution in [0, 0.1) is 24.0 Å². The fourth-order valence-corrected chi connectivity index (χ4v) is 3.38. The number of nitrogens with one attached hydrogen (secondary N) is 1. The first-order chi connectivity index (χ1) is 16.8. The van der Waals surface area contributed by atoms with E-state index in [2.05, 4.69) is 10.4 Å².